The van der Waals surface area contributed by atoms with E-state index in [4.69, 9.17) is 17.0 Å². The zero-order chi connectivity index (χ0) is 15.7. The Hall–Kier alpha value is -1.69. The minimum atomic E-state index is -0.380. The van der Waals surface area contributed by atoms with E-state index in [-0.39, 0.29) is 11.7 Å². The molecule has 0 bridgehead atoms. The van der Waals surface area contributed by atoms with Crippen LogP contribution in [0.3, 0.4) is 0 Å². The number of carbonyl (C=O) groups excluding carboxylic acids is 1. The number of carbonyl (C=O) groups is 1. The summed E-state index contributed by atoms with van der Waals surface area (Å²) in [5, 5.41) is 0. The van der Waals surface area contributed by atoms with Crippen LogP contribution >= 0.6 is 12.2 Å². The smallest absolute Gasteiger partial charge is 0.330 e. The van der Waals surface area contributed by atoms with Crippen molar-refractivity contribution in [3.8, 4) is 0 Å². The van der Waals surface area contributed by atoms with Crippen LogP contribution in [-0.4, -0.2) is 21.7 Å². The highest BCUT2D eigenvalue weighted by Gasteiger charge is 2.01. The van der Waals surface area contributed by atoms with E-state index in [9.17, 15) is 9.59 Å². The second kappa shape index (κ2) is 9.28. The van der Waals surface area contributed by atoms with Gasteiger partial charge in [0.25, 0.3) is 0 Å². The highest BCUT2D eigenvalue weighted by molar-refractivity contribution is 7.71. The van der Waals surface area contributed by atoms with E-state index < -0.39 is 0 Å². The number of aryl methyl sites for hydroxylation is 1. The lowest BCUT2D eigenvalue weighted by atomic mass is 10.2. The lowest BCUT2D eigenvalue weighted by Gasteiger charge is -2.09. The van der Waals surface area contributed by atoms with Crippen LogP contribution in [0, 0.1) is 4.64 Å². The Balaban J connectivity index is 2.31. The van der Waals surface area contributed by atoms with E-state index in [2.05, 4.69) is 6.58 Å². The first-order valence-electron chi connectivity index (χ1n) is 7.19. The Morgan fingerprint density at radius 3 is 2.76 bits per heavy atom. The molecule has 1 aromatic heterocycles. The van der Waals surface area contributed by atoms with Crippen LogP contribution in [0.5, 0.6) is 0 Å². The van der Waals surface area contributed by atoms with Crippen LogP contribution in [0.4, 0.5) is 0 Å². The van der Waals surface area contributed by atoms with E-state index in [1.807, 2.05) is 6.92 Å². The van der Waals surface area contributed by atoms with Crippen LogP contribution in [0.25, 0.3) is 0 Å². The molecule has 0 aromatic carbocycles. The number of hydrogen-bond acceptors (Lipinski definition) is 4. The van der Waals surface area contributed by atoms with Crippen molar-refractivity contribution in [2.75, 3.05) is 6.61 Å². The molecule has 0 aliphatic rings. The van der Waals surface area contributed by atoms with E-state index in [1.165, 1.54) is 0 Å². The van der Waals surface area contributed by atoms with Crippen molar-refractivity contribution in [3.63, 3.8) is 0 Å². The number of aromatic nitrogens is 2. The second-order valence-corrected chi connectivity index (χ2v) is 5.08. The van der Waals surface area contributed by atoms with Gasteiger partial charge in [0, 0.05) is 25.4 Å². The average Bonchev–Trinajstić information content (AvgIpc) is 2.48. The van der Waals surface area contributed by atoms with Crippen molar-refractivity contribution in [1.82, 2.24) is 9.13 Å². The Labute approximate surface area is 129 Å². The van der Waals surface area contributed by atoms with Gasteiger partial charge in [0.1, 0.15) is 4.64 Å². The molecule has 0 radical (unpaired) electrons. The highest BCUT2D eigenvalue weighted by Crippen LogP contribution is 2.02. The van der Waals surface area contributed by atoms with Crippen molar-refractivity contribution in [2.24, 2.45) is 0 Å². The standard InChI is InChI=1S/C15H22N2O3S/c1-3-14(18)20-12-8-6-5-7-10-16-11-9-13(21)17(4-2)15(16)19/h3,9,11H,1,4-8,10,12H2,2H3. The Morgan fingerprint density at radius 2 is 2.10 bits per heavy atom. The lowest BCUT2D eigenvalue weighted by molar-refractivity contribution is -0.137. The predicted molar refractivity (Wildman–Crippen MR) is 84.8 cm³/mol. The number of nitrogens with zero attached hydrogens (tertiary/aromatic N) is 2. The second-order valence-electron chi connectivity index (χ2n) is 4.66. The van der Waals surface area contributed by atoms with Crippen LogP contribution in [0.2, 0.25) is 0 Å². The van der Waals surface area contributed by atoms with E-state index in [0.717, 1.165) is 31.8 Å². The molecule has 0 saturated carbocycles. The van der Waals surface area contributed by atoms with Crippen LogP contribution in [0.15, 0.2) is 29.7 Å². The molecular weight excluding hydrogens is 288 g/mol. The molecule has 0 aliphatic heterocycles. The third-order valence-corrected chi connectivity index (χ3v) is 3.52. The summed E-state index contributed by atoms with van der Waals surface area (Å²) in [4.78, 5) is 22.9. The molecule has 0 N–H and O–H groups in total. The van der Waals surface area contributed by atoms with Gasteiger partial charge in [-0.15, -0.1) is 0 Å². The van der Waals surface area contributed by atoms with Gasteiger partial charge >= 0.3 is 11.7 Å². The van der Waals surface area contributed by atoms with Crippen LogP contribution in [-0.2, 0) is 22.6 Å². The maximum atomic E-state index is 12.1. The third-order valence-electron chi connectivity index (χ3n) is 3.16. The number of unbranched alkanes of at least 4 members (excludes halogenated alkanes) is 3. The van der Waals surface area contributed by atoms with Gasteiger partial charge < -0.3 is 9.30 Å². The summed E-state index contributed by atoms with van der Waals surface area (Å²) in [6.07, 6.45) is 6.61. The van der Waals surface area contributed by atoms with E-state index >= 15 is 0 Å². The number of hydrogen-bond donors (Lipinski definition) is 0. The summed E-state index contributed by atoms with van der Waals surface area (Å²) in [7, 11) is 0. The minimum Gasteiger partial charge on any atom is -0.463 e. The van der Waals surface area contributed by atoms with Gasteiger partial charge in [-0.05, 0) is 32.3 Å². The maximum Gasteiger partial charge on any atom is 0.330 e. The van der Waals surface area contributed by atoms with Crippen LogP contribution < -0.4 is 5.69 Å². The molecule has 1 rings (SSSR count). The fourth-order valence-corrected chi connectivity index (χ4v) is 2.26. The highest BCUT2D eigenvalue weighted by atomic mass is 32.1. The summed E-state index contributed by atoms with van der Waals surface area (Å²) < 4.78 is 8.74. The Bertz CT molecular complexity index is 589. The number of rotatable bonds is 9. The molecule has 5 nitrogen and oxygen atoms in total. The largest absolute Gasteiger partial charge is 0.463 e. The Kier molecular flexibility index (Phi) is 7.68. The first kappa shape index (κ1) is 17.4. The molecule has 0 unspecified atom stereocenters. The molecule has 0 amide bonds. The fraction of sp³-hybridized carbons (Fsp3) is 0.533. The normalized spacial score (nSPS) is 10.3. The summed E-state index contributed by atoms with van der Waals surface area (Å²) >= 11 is 5.11. The molecule has 116 valence electrons. The molecule has 1 aromatic rings. The first-order chi connectivity index (χ1) is 10.1. The molecule has 6 heteroatoms. The molecule has 0 saturated heterocycles. The molecule has 0 spiro atoms. The molecular formula is C15H22N2O3S. The summed E-state index contributed by atoms with van der Waals surface area (Å²) in [5.41, 5.74) is -0.0510. The van der Waals surface area contributed by atoms with Gasteiger partial charge in [-0.1, -0.05) is 25.2 Å². The number of ether oxygens (including phenoxy) is 1. The van der Waals surface area contributed by atoms with Crippen molar-refractivity contribution < 1.29 is 9.53 Å². The fourth-order valence-electron chi connectivity index (χ4n) is 1.99. The first-order valence-corrected chi connectivity index (χ1v) is 7.60. The maximum absolute atomic E-state index is 12.1. The monoisotopic (exact) mass is 310 g/mol. The molecule has 0 atom stereocenters. The van der Waals surface area contributed by atoms with Gasteiger partial charge in [0.2, 0.25) is 0 Å². The molecule has 1 heterocycles. The predicted octanol–water partition coefficient (Wildman–Crippen LogP) is 2.69. The minimum absolute atomic E-state index is 0.0510. The van der Waals surface area contributed by atoms with E-state index in [0.29, 0.717) is 24.3 Å². The van der Waals surface area contributed by atoms with Gasteiger partial charge in [-0.2, -0.15) is 0 Å². The van der Waals surface area contributed by atoms with Crippen molar-refractivity contribution in [1.29, 1.82) is 0 Å². The Morgan fingerprint density at radius 1 is 1.38 bits per heavy atom. The summed E-state index contributed by atoms with van der Waals surface area (Å²) in [6, 6.07) is 1.79. The zero-order valence-electron chi connectivity index (χ0n) is 12.4. The average molecular weight is 310 g/mol. The quantitative estimate of drug-likeness (QED) is 0.304. The lowest BCUT2D eigenvalue weighted by Crippen LogP contribution is -2.30. The van der Waals surface area contributed by atoms with Crippen molar-refractivity contribution >= 4 is 18.2 Å². The number of esters is 1. The molecule has 0 fully saturated rings. The SMILES string of the molecule is C=CC(=O)OCCCCCCn1ccc(=S)n(CC)c1=O. The molecule has 21 heavy (non-hydrogen) atoms. The van der Waals surface area contributed by atoms with E-state index in [1.54, 1.807) is 21.4 Å². The van der Waals surface area contributed by atoms with Gasteiger partial charge in [0.05, 0.1) is 6.61 Å². The van der Waals surface area contributed by atoms with Gasteiger partial charge in [0.15, 0.2) is 0 Å². The van der Waals surface area contributed by atoms with Crippen molar-refractivity contribution in [3.05, 3.63) is 40.0 Å². The third kappa shape index (κ3) is 5.67. The van der Waals surface area contributed by atoms with Crippen LogP contribution in [0.1, 0.15) is 32.6 Å². The van der Waals surface area contributed by atoms with Gasteiger partial charge in [-0.25, -0.2) is 9.59 Å². The molecule has 0 aliphatic carbocycles. The van der Waals surface area contributed by atoms with Gasteiger partial charge in [-0.3, -0.25) is 4.57 Å². The summed E-state index contributed by atoms with van der Waals surface area (Å²) in [5.74, 6) is -0.380. The summed E-state index contributed by atoms with van der Waals surface area (Å²) in [6.45, 7) is 6.94. The van der Waals surface area contributed by atoms with Crippen molar-refractivity contribution in [2.45, 2.75) is 45.7 Å². The zero-order valence-corrected chi connectivity index (χ0v) is 13.2. The topological polar surface area (TPSA) is 53.2 Å².